The Morgan fingerprint density at radius 3 is 0.877 bits per heavy atom. The predicted molar refractivity (Wildman–Crippen MR) is 207 cm³/mol. The standard InChI is InChI=1S/C32H12BF24.C11H10N3O2/c34-25(35,36)13-1-14(26(37,38)39)6-21(5-13)33(22-7-15(27(40,41)42)2-16(8-22)28(43,44)45,23-9-17(29(46,47)48)3-18(10-23)30(49,50)51)24-11-19(31(52,53)54)4-20(12-24)32(55,56)57;15-14(16)11-9-13(7-6-12-11)8-10-4-2-1-3-5-10/h1-12H;1-7,9H,8H2/q-1;+1. The Bertz CT molecular complexity index is 2530. The van der Waals surface area contributed by atoms with Gasteiger partial charge in [0.1, 0.15) is 6.15 Å². The van der Waals surface area contributed by atoms with E-state index in [0.717, 1.165) is 5.56 Å². The SMILES string of the molecule is FC(F)(F)c1cc([B-](c2cc(C(F)(F)F)cc(C(F)(F)F)c2)(c2cc(C(F)(F)F)cc(C(F)(F)F)c2)c2cc(C(F)(F)F)cc(C(F)(F)F)c2)cc(C(F)(F)F)c1.O=[N+]([O-])c1c[n+](Cc2ccccc2)ccn1. The summed E-state index contributed by atoms with van der Waals surface area (Å²) >= 11 is 0. The summed E-state index contributed by atoms with van der Waals surface area (Å²) in [6, 6.07) is 0.938. The van der Waals surface area contributed by atoms with Crippen LogP contribution in [-0.2, 0) is 56.0 Å². The summed E-state index contributed by atoms with van der Waals surface area (Å²) in [4.78, 5) is 13.7. The molecule has 0 saturated heterocycles. The third-order valence-corrected chi connectivity index (χ3v) is 10.6. The molecule has 0 aliphatic heterocycles. The molecular formula is C43H22BF24N3O2. The molecule has 5 nitrogen and oxygen atoms in total. The maximum absolute atomic E-state index is 14.2. The van der Waals surface area contributed by atoms with Crippen molar-refractivity contribution in [3.05, 3.63) is 182 Å². The highest BCUT2D eigenvalue weighted by molar-refractivity contribution is 7.20. The van der Waals surface area contributed by atoms with E-state index in [4.69, 9.17) is 0 Å². The van der Waals surface area contributed by atoms with Crippen molar-refractivity contribution in [1.82, 2.24) is 4.98 Å². The number of aromatic nitrogens is 2. The molecule has 0 aliphatic carbocycles. The maximum atomic E-state index is 14.2. The van der Waals surface area contributed by atoms with Crippen LogP contribution in [0.1, 0.15) is 50.1 Å². The van der Waals surface area contributed by atoms with Crippen LogP contribution < -0.4 is 26.4 Å². The first-order chi connectivity index (χ1) is 33.0. The summed E-state index contributed by atoms with van der Waals surface area (Å²) in [6.07, 6.45) is -50.2. The molecule has 30 heteroatoms. The molecule has 6 aromatic rings. The Morgan fingerprint density at radius 1 is 0.411 bits per heavy atom. The zero-order chi connectivity index (χ0) is 55.3. The normalized spacial score (nSPS) is 13.4. The van der Waals surface area contributed by atoms with Gasteiger partial charge in [-0.25, -0.2) is 0 Å². The van der Waals surface area contributed by atoms with Crippen LogP contribution in [0, 0.1) is 10.1 Å². The lowest BCUT2D eigenvalue weighted by Gasteiger charge is -2.46. The minimum atomic E-state index is -6.13. The lowest BCUT2D eigenvalue weighted by molar-refractivity contribution is -0.691. The molecule has 392 valence electrons. The van der Waals surface area contributed by atoms with Gasteiger partial charge in [0.05, 0.1) is 44.5 Å². The molecule has 0 atom stereocenters. The number of benzene rings is 5. The van der Waals surface area contributed by atoms with Crippen molar-refractivity contribution in [3.63, 3.8) is 0 Å². The molecule has 5 aromatic carbocycles. The van der Waals surface area contributed by atoms with E-state index in [1.807, 2.05) is 30.3 Å². The Balaban J connectivity index is 0.000000520. The second-order valence-corrected chi connectivity index (χ2v) is 15.6. The summed E-state index contributed by atoms with van der Waals surface area (Å²) in [7, 11) is 0. The number of alkyl halides is 24. The van der Waals surface area contributed by atoms with E-state index >= 15 is 0 Å². The molecule has 1 aromatic heterocycles. The predicted octanol–water partition coefficient (Wildman–Crippen LogP) is 12.5. The minimum absolute atomic E-state index is 0.140. The monoisotopic (exact) mass is 1080 g/mol. The van der Waals surface area contributed by atoms with Crippen molar-refractivity contribution in [3.8, 4) is 0 Å². The molecule has 0 unspecified atom stereocenters. The van der Waals surface area contributed by atoms with E-state index in [2.05, 4.69) is 4.98 Å². The van der Waals surface area contributed by atoms with Crippen molar-refractivity contribution in [2.45, 2.75) is 56.0 Å². The first kappa shape index (κ1) is 56.9. The van der Waals surface area contributed by atoms with E-state index in [0.29, 0.717) is 6.54 Å². The molecule has 0 aliphatic rings. The second kappa shape index (κ2) is 19.4. The van der Waals surface area contributed by atoms with E-state index in [1.165, 1.54) is 12.4 Å². The molecule has 73 heavy (non-hydrogen) atoms. The first-order valence-corrected chi connectivity index (χ1v) is 19.4. The summed E-state index contributed by atoms with van der Waals surface area (Å²) in [5.74, 6) is -0.140. The third-order valence-electron chi connectivity index (χ3n) is 10.6. The number of hydrogen-bond acceptors (Lipinski definition) is 3. The molecule has 0 amide bonds. The maximum Gasteiger partial charge on any atom is 0.428 e. The average Bonchev–Trinajstić information content (AvgIpc) is 3.24. The zero-order valence-electron chi connectivity index (χ0n) is 35.1. The van der Waals surface area contributed by atoms with Gasteiger partial charge < -0.3 is 10.1 Å². The highest BCUT2D eigenvalue weighted by Gasteiger charge is 2.47. The smallest absolute Gasteiger partial charge is 0.358 e. The fourth-order valence-electron chi connectivity index (χ4n) is 7.48. The highest BCUT2D eigenvalue weighted by atomic mass is 19.4. The van der Waals surface area contributed by atoms with E-state index < -0.39 is 200 Å². The highest BCUT2D eigenvalue weighted by Crippen LogP contribution is 2.41. The average molecular weight is 1080 g/mol. The number of rotatable bonds is 7. The lowest BCUT2D eigenvalue weighted by Crippen LogP contribution is -2.75. The van der Waals surface area contributed by atoms with Gasteiger partial charge >= 0.3 is 55.2 Å². The van der Waals surface area contributed by atoms with E-state index in [9.17, 15) is 115 Å². The molecule has 0 radical (unpaired) electrons. The van der Waals surface area contributed by atoms with Gasteiger partial charge in [-0.05, 0) is 34.2 Å². The van der Waals surface area contributed by atoms with Crippen molar-refractivity contribution >= 4 is 33.8 Å². The lowest BCUT2D eigenvalue weighted by atomic mass is 9.12. The Morgan fingerprint density at radius 2 is 0.658 bits per heavy atom. The quantitative estimate of drug-likeness (QED) is 0.0526. The summed E-state index contributed by atoms with van der Waals surface area (Å²) < 4.78 is 343. The molecule has 0 saturated carbocycles. The van der Waals surface area contributed by atoms with Gasteiger partial charge in [-0.3, -0.25) is 0 Å². The van der Waals surface area contributed by atoms with Crippen LogP contribution >= 0.6 is 0 Å². The van der Waals surface area contributed by atoms with E-state index in [1.54, 1.807) is 10.8 Å². The van der Waals surface area contributed by atoms with Gasteiger partial charge in [-0.1, -0.05) is 78.9 Å². The number of halogens is 24. The van der Waals surface area contributed by atoms with Crippen molar-refractivity contribution < 1.29 is 115 Å². The fraction of sp³-hybridized carbons (Fsp3) is 0.209. The van der Waals surface area contributed by atoms with Gasteiger partial charge in [-0.2, -0.15) is 132 Å². The van der Waals surface area contributed by atoms with Crippen molar-refractivity contribution in [1.29, 1.82) is 0 Å². The van der Waals surface area contributed by atoms with E-state index in [-0.39, 0.29) is 5.82 Å². The summed E-state index contributed by atoms with van der Waals surface area (Å²) in [5, 5.41) is 10.5. The minimum Gasteiger partial charge on any atom is -0.358 e. The largest absolute Gasteiger partial charge is 0.428 e. The van der Waals surface area contributed by atoms with Crippen molar-refractivity contribution in [2.24, 2.45) is 0 Å². The topological polar surface area (TPSA) is 59.9 Å². The number of hydrogen-bond donors (Lipinski definition) is 0. The Hall–Kier alpha value is -7.04. The van der Waals surface area contributed by atoms with Crippen LogP contribution in [0.25, 0.3) is 0 Å². The Labute approximate surface area is 391 Å². The van der Waals surface area contributed by atoms with Gasteiger partial charge in [-0.15, -0.1) is 0 Å². The molecule has 0 fully saturated rings. The molecule has 6 rings (SSSR count). The Kier molecular flexibility index (Phi) is 15.1. The third kappa shape index (κ3) is 13.3. The van der Waals surface area contributed by atoms with Crippen LogP contribution in [0.2, 0.25) is 0 Å². The van der Waals surface area contributed by atoms with Gasteiger partial charge in [0, 0.05) is 5.56 Å². The molecule has 0 N–H and O–H groups in total. The fourth-order valence-corrected chi connectivity index (χ4v) is 7.48. The van der Waals surface area contributed by atoms with Crippen LogP contribution in [0.15, 0.2) is 122 Å². The van der Waals surface area contributed by atoms with Gasteiger partial charge in [0.25, 0.3) is 6.20 Å². The van der Waals surface area contributed by atoms with Crippen molar-refractivity contribution in [2.75, 3.05) is 0 Å². The first-order valence-electron chi connectivity index (χ1n) is 19.4. The molecule has 1 heterocycles. The second-order valence-electron chi connectivity index (χ2n) is 15.6. The van der Waals surface area contributed by atoms with Crippen LogP contribution in [0.3, 0.4) is 0 Å². The van der Waals surface area contributed by atoms with Gasteiger partial charge in [0.2, 0.25) is 12.4 Å². The summed E-state index contributed by atoms with van der Waals surface area (Å²) in [6.45, 7) is 0.601. The van der Waals surface area contributed by atoms with Crippen LogP contribution in [-0.4, -0.2) is 16.1 Å². The van der Waals surface area contributed by atoms with Crippen LogP contribution in [0.4, 0.5) is 111 Å². The number of nitro groups is 1. The van der Waals surface area contributed by atoms with Crippen LogP contribution in [0.5, 0.6) is 0 Å². The number of nitrogens with zero attached hydrogens (tertiary/aromatic N) is 3. The van der Waals surface area contributed by atoms with Gasteiger partial charge in [0.15, 0.2) is 6.54 Å². The summed E-state index contributed by atoms with van der Waals surface area (Å²) in [5.41, 5.74) is -29.1. The molecule has 0 spiro atoms. The molecule has 0 bridgehead atoms. The molecular weight excluding hydrogens is 1060 g/mol. The zero-order valence-corrected chi connectivity index (χ0v) is 35.1.